The Morgan fingerprint density at radius 3 is 1.96 bits per heavy atom. The van der Waals surface area contributed by atoms with Crippen molar-refractivity contribution in [2.75, 3.05) is 13.1 Å². The van der Waals surface area contributed by atoms with Crippen molar-refractivity contribution in [3.8, 4) is 0 Å². The van der Waals surface area contributed by atoms with Gasteiger partial charge in [-0.05, 0) is 50.3 Å². The molecule has 1 aliphatic heterocycles. The molecule has 0 unspecified atom stereocenters. The summed E-state index contributed by atoms with van der Waals surface area (Å²) >= 11 is 0. The molecule has 0 radical (unpaired) electrons. The van der Waals surface area contributed by atoms with Gasteiger partial charge >= 0.3 is 0 Å². The van der Waals surface area contributed by atoms with Gasteiger partial charge in [0.25, 0.3) is 5.91 Å². The first-order valence-electron chi connectivity index (χ1n) is 10.7. The van der Waals surface area contributed by atoms with Crippen LogP contribution in [0.4, 0.5) is 0 Å². The number of likely N-dealkylation sites (tertiary alicyclic amines) is 1. The van der Waals surface area contributed by atoms with Gasteiger partial charge in [0.15, 0.2) is 0 Å². The number of nitrogens with zero attached hydrogens (tertiary/aromatic N) is 1. The maximum absolute atomic E-state index is 12.3. The SMILES string of the molecule is CC(=N)N.CCCCCCCCCCc1ccc(C(=O)N2CCCC2)cc1. The molecule has 0 bridgehead atoms. The van der Waals surface area contributed by atoms with Gasteiger partial charge in [0.1, 0.15) is 0 Å². The Morgan fingerprint density at radius 1 is 0.963 bits per heavy atom. The zero-order valence-electron chi connectivity index (χ0n) is 17.4. The van der Waals surface area contributed by atoms with Crippen molar-refractivity contribution in [3.63, 3.8) is 0 Å². The molecule has 2 rings (SSSR count). The first kappa shape index (κ1) is 23.2. The van der Waals surface area contributed by atoms with Crippen LogP contribution in [0.1, 0.15) is 94.0 Å². The smallest absolute Gasteiger partial charge is 0.253 e. The first-order valence-corrected chi connectivity index (χ1v) is 10.7. The molecule has 4 heteroatoms. The highest BCUT2D eigenvalue weighted by molar-refractivity contribution is 5.94. The third kappa shape index (κ3) is 10.8. The van der Waals surface area contributed by atoms with Crippen LogP contribution in [0.25, 0.3) is 0 Å². The molecule has 0 aliphatic carbocycles. The van der Waals surface area contributed by atoms with E-state index in [4.69, 9.17) is 11.1 Å². The van der Waals surface area contributed by atoms with Gasteiger partial charge in [-0.15, -0.1) is 0 Å². The Balaban J connectivity index is 0.000000828. The van der Waals surface area contributed by atoms with Crippen LogP contribution in [0, 0.1) is 5.41 Å². The van der Waals surface area contributed by atoms with Gasteiger partial charge in [-0.25, -0.2) is 0 Å². The number of unbranched alkanes of at least 4 members (excludes halogenated alkanes) is 7. The third-order valence-electron chi connectivity index (χ3n) is 4.91. The van der Waals surface area contributed by atoms with E-state index in [1.54, 1.807) is 0 Å². The van der Waals surface area contributed by atoms with Gasteiger partial charge in [0.2, 0.25) is 0 Å². The Kier molecular flexibility index (Phi) is 12.2. The second-order valence-corrected chi connectivity index (χ2v) is 7.60. The molecular weight excluding hydrogens is 334 g/mol. The van der Waals surface area contributed by atoms with Gasteiger partial charge in [-0.1, -0.05) is 64.0 Å². The average Bonchev–Trinajstić information content (AvgIpc) is 3.18. The highest BCUT2D eigenvalue weighted by atomic mass is 16.2. The predicted molar refractivity (Wildman–Crippen MR) is 115 cm³/mol. The zero-order chi connectivity index (χ0) is 19.9. The van der Waals surface area contributed by atoms with E-state index in [1.165, 1.54) is 63.9 Å². The number of carbonyl (C=O) groups excluding carboxylic acids is 1. The van der Waals surface area contributed by atoms with E-state index in [2.05, 4.69) is 19.1 Å². The highest BCUT2D eigenvalue weighted by Gasteiger charge is 2.18. The molecule has 3 N–H and O–H groups in total. The summed E-state index contributed by atoms with van der Waals surface area (Å²) in [6.07, 6.45) is 14.4. The van der Waals surface area contributed by atoms with E-state index in [0.29, 0.717) is 0 Å². The molecule has 1 aromatic rings. The van der Waals surface area contributed by atoms with E-state index in [1.807, 2.05) is 17.0 Å². The van der Waals surface area contributed by atoms with Gasteiger partial charge in [-0.2, -0.15) is 0 Å². The topological polar surface area (TPSA) is 70.2 Å². The molecule has 27 heavy (non-hydrogen) atoms. The summed E-state index contributed by atoms with van der Waals surface area (Å²) in [6.45, 7) is 5.65. The monoisotopic (exact) mass is 373 g/mol. The van der Waals surface area contributed by atoms with Crippen LogP contribution < -0.4 is 5.73 Å². The number of amides is 1. The Morgan fingerprint density at radius 2 is 1.44 bits per heavy atom. The van der Waals surface area contributed by atoms with Gasteiger partial charge in [0, 0.05) is 18.7 Å². The van der Waals surface area contributed by atoms with Crippen LogP contribution in [0.2, 0.25) is 0 Å². The molecule has 1 heterocycles. The maximum Gasteiger partial charge on any atom is 0.253 e. The number of benzene rings is 1. The summed E-state index contributed by atoms with van der Waals surface area (Å²) in [4.78, 5) is 14.3. The Labute approximate surface area is 166 Å². The van der Waals surface area contributed by atoms with E-state index < -0.39 is 0 Å². The van der Waals surface area contributed by atoms with Crippen LogP contribution in [0.3, 0.4) is 0 Å². The summed E-state index contributed by atoms with van der Waals surface area (Å²) < 4.78 is 0. The van der Waals surface area contributed by atoms with E-state index in [0.717, 1.165) is 37.9 Å². The van der Waals surface area contributed by atoms with E-state index in [-0.39, 0.29) is 11.7 Å². The number of hydrogen-bond acceptors (Lipinski definition) is 2. The zero-order valence-corrected chi connectivity index (χ0v) is 17.4. The fourth-order valence-electron chi connectivity index (χ4n) is 3.38. The highest BCUT2D eigenvalue weighted by Crippen LogP contribution is 2.15. The van der Waals surface area contributed by atoms with Crippen molar-refractivity contribution < 1.29 is 4.79 Å². The third-order valence-corrected chi connectivity index (χ3v) is 4.91. The lowest BCUT2D eigenvalue weighted by Crippen LogP contribution is -2.27. The second-order valence-electron chi connectivity index (χ2n) is 7.60. The van der Waals surface area contributed by atoms with Crippen LogP contribution in [-0.2, 0) is 6.42 Å². The molecule has 0 saturated carbocycles. The molecule has 1 aliphatic rings. The van der Waals surface area contributed by atoms with Crippen LogP contribution >= 0.6 is 0 Å². The fraction of sp³-hybridized carbons (Fsp3) is 0.652. The molecule has 1 amide bonds. The molecular formula is C23H39N3O. The van der Waals surface area contributed by atoms with Crippen LogP contribution in [0.5, 0.6) is 0 Å². The quantitative estimate of drug-likeness (QED) is 0.321. The first-order chi connectivity index (χ1) is 13.0. The number of nitrogens with one attached hydrogen (secondary N) is 1. The molecule has 1 aromatic carbocycles. The van der Waals surface area contributed by atoms with Crippen molar-refractivity contribution >= 4 is 11.7 Å². The number of carbonyl (C=O) groups is 1. The number of rotatable bonds is 10. The Bertz CT molecular complexity index is 529. The van der Waals surface area contributed by atoms with Gasteiger partial charge in [0.05, 0.1) is 5.84 Å². The van der Waals surface area contributed by atoms with E-state index >= 15 is 0 Å². The molecule has 1 fully saturated rings. The molecule has 4 nitrogen and oxygen atoms in total. The summed E-state index contributed by atoms with van der Waals surface area (Å²) in [6, 6.07) is 8.32. The second kappa shape index (κ2) is 14.2. The normalized spacial score (nSPS) is 13.2. The fourth-order valence-corrected chi connectivity index (χ4v) is 3.38. The summed E-state index contributed by atoms with van der Waals surface area (Å²) in [5, 5.41) is 6.28. The van der Waals surface area contributed by atoms with Crippen LogP contribution in [0.15, 0.2) is 24.3 Å². The summed E-state index contributed by atoms with van der Waals surface area (Å²) in [5.74, 6) is 0.376. The maximum atomic E-state index is 12.3. The minimum atomic E-state index is 0.167. The standard InChI is InChI=1S/C21H33NO.C2H6N2/c1-2-3-4-5-6-7-8-9-12-19-13-15-20(16-14-19)21(23)22-17-10-11-18-22;1-2(3)4/h13-16H,2-12,17-18H2,1H3;1H3,(H3,3,4). The van der Waals surface area contributed by atoms with Crippen molar-refractivity contribution in [3.05, 3.63) is 35.4 Å². The molecule has 152 valence electrons. The lowest BCUT2D eigenvalue weighted by molar-refractivity contribution is 0.0793. The Hall–Kier alpha value is -1.84. The lowest BCUT2D eigenvalue weighted by atomic mass is 10.0. The van der Waals surface area contributed by atoms with Crippen molar-refractivity contribution in [2.45, 2.75) is 84.5 Å². The molecule has 0 aromatic heterocycles. The number of aryl methyl sites for hydroxylation is 1. The van der Waals surface area contributed by atoms with Crippen molar-refractivity contribution in [1.29, 1.82) is 5.41 Å². The average molecular weight is 374 g/mol. The molecule has 0 atom stereocenters. The van der Waals surface area contributed by atoms with E-state index in [9.17, 15) is 4.79 Å². The minimum Gasteiger partial charge on any atom is -0.388 e. The molecule has 1 saturated heterocycles. The minimum absolute atomic E-state index is 0.167. The largest absolute Gasteiger partial charge is 0.388 e. The summed E-state index contributed by atoms with van der Waals surface area (Å²) in [7, 11) is 0. The van der Waals surface area contributed by atoms with Gasteiger partial charge in [-0.3, -0.25) is 10.2 Å². The number of hydrogen-bond donors (Lipinski definition) is 2. The summed E-state index contributed by atoms with van der Waals surface area (Å²) in [5.41, 5.74) is 6.92. The molecule has 0 spiro atoms. The van der Waals surface area contributed by atoms with Crippen molar-refractivity contribution in [2.24, 2.45) is 5.73 Å². The van der Waals surface area contributed by atoms with Crippen molar-refractivity contribution in [1.82, 2.24) is 4.90 Å². The number of nitrogens with two attached hydrogens (primary N) is 1. The van der Waals surface area contributed by atoms with Gasteiger partial charge < -0.3 is 10.6 Å². The predicted octanol–water partition coefficient (Wildman–Crippen LogP) is 5.55. The lowest BCUT2D eigenvalue weighted by Gasteiger charge is -2.15. The van der Waals surface area contributed by atoms with Crippen LogP contribution in [-0.4, -0.2) is 29.7 Å². The number of amidine groups is 1.